The Hall–Kier alpha value is -1.85. The van der Waals surface area contributed by atoms with Gasteiger partial charge in [0.1, 0.15) is 5.82 Å². The van der Waals surface area contributed by atoms with E-state index in [4.69, 9.17) is 11.6 Å². The van der Waals surface area contributed by atoms with E-state index < -0.39 is 0 Å². The molecule has 3 rings (SSSR count). The Morgan fingerprint density at radius 3 is 2.73 bits per heavy atom. The molecule has 0 radical (unpaired) electrons. The third kappa shape index (κ3) is 3.48. The quantitative estimate of drug-likeness (QED) is 0.941. The van der Waals surface area contributed by atoms with Gasteiger partial charge < -0.3 is 9.88 Å². The number of aromatic nitrogens is 2. The first-order chi connectivity index (χ1) is 10.6. The van der Waals surface area contributed by atoms with Gasteiger partial charge in [0.05, 0.1) is 6.33 Å². The van der Waals surface area contributed by atoms with E-state index in [0.29, 0.717) is 0 Å². The third-order valence-corrected chi connectivity index (χ3v) is 4.30. The summed E-state index contributed by atoms with van der Waals surface area (Å²) < 4.78 is 0. The van der Waals surface area contributed by atoms with Crippen LogP contribution in [0.4, 0.5) is 5.82 Å². The smallest absolute Gasteiger partial charge is 0.252 e. The molecule has 0 aliphatic carbocycles. The minimum Gasteiger partial charge on any atom is -0.354 e. The predicted octanol–water partition coefficient (Wildman–Crippen LogP) is 2.05. The van der Waals surface area contributed by atoms with Gasteiger partial charge in [-0.05, 0) is 30.2 Å². The number of piperazine rings is 1. The normalized spacial score (nSPS) is 16.0. The van der Waals surface area contributed by atoms with Crippen LogP contribution in [0, 0.1) is 6.92 Å². The molecule has 0 saturated carbocycles. The van der Waals surface area contributed by atoms with E-state index in [0.717, 1.165) is 43.6 Å². The lowest BCUT2D eigenvalue weighted by Gasteiger charge is -2.35. The summed E-state index contributed by atoms with van der Waals surface area (Å²) in [6.45, 7) is 6.65. The van der Waals surface area contributed by atoms with Gasteiger partial charge in [-0.25, -0.2) is 4.98 Å². The summed E-state index contributed by atoms with van der Waals surface area (Å²) >= 11 is 6.08. The molecule has 1 fully saturated rings. The number of hydrogen-bond acceptors (Lipinski definition) is 4. The molecule has 1 aliphatic heterocycles. The molecular formula is C16H19ClN4O. The third-order valence-electron chi connectivity index (χ3n) is 4.07. The Morgan fingerprint density at radius 2 is 2.00 bits per heavy atom. The second-order valence-corrected chi connectivity index (χ2v) is 6.04. The average Bonchev–Trinajstić information content (AvgIpc) is 2.52. The minimum atomic E-state index is -0.109. The zero-order valence-electron chi connectivity index (χ0n) is 12.6. The summed E-state index contributed by atoms with van der Waals surface area (Å²) in [4.78, 5) is 22.7. The van der Waals surface area contributed by atoms with E-state index in [2.05, 4.69) is 32.8 Å². The Morgan fingerprint density at radius 1 is 1.23 bits per heavy atom. The highest BCUT2D eigenvalue weighted by molar-refractivity contribution is 6.30. The summed E-state index contributed by atoms with van der Waals surface area (Å²) in [5.41, 5.74) is 2.43. The van der Waals surface area contributed by atoms with Crippen molar-refractivity contribution in [1.82, 2.24) is 14.9 Å². The maximum absolute atomic E-state index is 11.4. The van der Waals surface area contributed by atoms with Gasteiger partial charge in [0.25, 0.3) is 5.56 Å². The van der Waals surface area contributed by atoms with Gasteiger partial charge in [0.15, 0.2) is 0 Å². The minimum absolute atomic E-state index is 0.109. The fourth-order valence-corrected chi connectivity index (χ4v) is 2.91. The number of nitrogens with one attached hydrogen (secondary N) is 1. The molecule has 0 amide bonds. The molecule has 0 spiro atoms. The lowest BCUT2D eigenvalue weighted by atomic mass is 10.1. The number of benzene rings is 1. The number of anilines is 1. The van der Waals surface area contributed by atoms with Gasteiger partial charge in [0, 0.05) is 43.8 Å². The molecule has 116 valence electrons. The highest BCUT2D eigenvalue weighted by Gasteiger charge is 2.18. The average molecular weight is 319 g/mol. The Labute approximate surface area is 134 Å². The van der Waals surface area contributed by atoms with Crippen LogP contribution < -0.4 is 10.5 Å². The Kier molecular flexibility index (Phi) is 4.45. The molecule has 5 nitrogen and oxygen atoms in total. The molecule has 1 aliphatic rings. The van der Waals surface area contributed by atoms with Gasteiger partial charge in [-0.2, -0.15) is 0 Å². The molecule has 1 aromatic heterocycles. The Bertz CT molecular complexity index is 707. The van der Waals surface area contributed by atoms with Crippen LogP contribution in [0.2, 0.25) is 5.02 Å². The zero-order valence-corrected chi connectivity index (χ0v) is 13.3. The van der Waals surface area contributed by atoms with Crippen LogP contribution in [0.15, 0.2) is 35.4 Å². The Balaban J connectivity index is 1.62. The highest BCUT2D eigenvalue weighted by Crippen LogP contribution is 2.19. The van der Waals surface area contributed by atoms with E-state index in [9.17, 15) is 4.79 Å². The van der Waals surface area contributed by atoms with Crippen molar-refractivity contribution in [2.75, 3.05) is 31.1 Å². The predicted molar refractivity (Wildman–Crippen MR) is 88.5 cm³/mol. The van der Waals surface area contributed by atoms with Crippen LogP contribution >= 0.6 is 11.6 Å². The molecular weight excluding hydrogens is 300 g/mol. The van der Waals surface area contributed by atoms with Crippen LogP contribution in [0.5, 0.6) is 0 Å². The molecule has 2 heterocycles. The van der Waals surface area contributed by atoms with Gasteiger partial charge >= 0.3 is 0 Å². The van der Waals surface area contributed by atoms with Crippen LogP contribution in [-0.4, -0.2) is 41.0 Å². The fourth-order valence-electron chi connectivity index (χ4n) is 2.72. The largest absolute Gasteiger partial charge is 0.354 e. The van der Waals surface area contributed by atoms with E-state index in [1.165, 1.54) is 17.5 Å². The summed E-state index contributed by atoms with van der Waals surface area (Å²) in [6, 6.07) is 7.59. The van der Waals surface area contributed by atoms with Crippen molar-refractivity contribution in [3.8, 4) is 0 Å². The maximum Gasteiger partial charge on any atom is 0.252 e. The molecule has 2 aromatic rings. The van der Waals surface area contributed by atoms with Crippen molar-refractivity contribution in [2.24, 2.45) is 0 Å². The van der Waals surface area contributed by atoms with Crippen molar-refractivity contribution in [1.29, 1.82) is 0 Å². The molecule has 1 saturated heterocycles. The van der Waals surface area contributed by atoms with E-state index >= 15 is 0 Å². The molecule has 6 heteroatoms. The highest BCUT2D eigenvalue weighted by atomic mass is 35.5. The molecule has 22 heavy (non-hydrogen) atoms. The molecule has 0 unspecified atom stereocenters. The number of aromatic amines is 1. The molecule has 1 aromatic carbocycles. The van der Waals surface area contributed by atoms with E-state index in [1.54, 1.807) is 6.07 Å². The first kappa shape index (κ1) is 15.1. The monoisotopic (exact) mass is 318 g/mol. The van der Waals surface area contributed by atoms with Gasteiger partial charge in [-0.3, -0.25) is 9.69 Å². The number of rotatable bonds is 3. The number of halogens is 1. The van der Waals surface area contributed by atoms with Crippen LogP contribution in [0.25, 0.3) is 0 Å². The summed E-state index contributed by atoms with van der Waals surface area (Å²) in [5, 5.41) is 0.784. The number of aryl methyl sites for hydroxylation is 1. The number of nitrogens with zero attached hydrogens (tertiary/aromatic N) is 3. The number of H-pyrrole nitrogens is 1. The lowest BCUT2D eigenvalue weighted by Crippen LogP contribution is -2.46. The summed E-state index contributed by atoms with van der Waals surface area (Å²) in [6.07, 6.45) is 1.46. The molecule has 0 bridgehead atoms. The van der Waals surface area contributed by atoms with Crippen molar-refractivity contribution >= 4 is 17.4 Å². The topological polar surface area (TPSA) is 52.2 Å². The van der Waals surface area contributed by atoms with Gasteiger partial charge in [-0.1, -0.05) is 17.7 Å². The van der Waals surface area contributed by atoms with E-state index in [1.807, 2.05) is 12.1 Å². The van der Waals surface area contributed by atoms with Crippen molar-refractivity contribution in [3.05, 3.63) is 57.1 Å². The first-order valence-electron chi connectivity index (χ1n) is 7.39. The first-order valence-corrected chi connectivity index (χ1v) is 7.77. The van der Waals surface area contributed by atoms with Gasteiger partial charge in [0.2, 0.25) is 0 Å². The van der Waals surface area contributed by atoms with Crippen molar-refractivity contribution in [2.45, 2.75) is 13.5 Å². The van der Waals surface area contributed by atoms with Crippen molar-refractivity contribution < 1.29 is 0 Å². The van der Waals surface area contributed by atoms with Gasteiger partial charge in [-0.15, -0.1) is 0 Å². The maximum atomic E-state index is 11.4. The molecule has 0 atom stereocenters. The SMILES string of the molecule is Cc1ccc(Cl)cc1CN1CCN(c2cc(=O)[nH]cn2)CC1. The second kappa shape index (κ2) is 6.50. The van der Waals surface area contributed by atoms with Crippen LogP contribution in [0.1, 0.15) is 11.1 Å². The summed E-state index contributed by atoms with van der Waals surface area (Å²) in [5.74, 6) is 0.752. The zero-order chi connectivity index (χ0) is 15.5. The number of hydrogen-bond donors (Lipinski definition) is 1. The fraction of sp³-hybridized carbons (Fsp3) is 0.375. The van der Waals surface area contributed by atoms with Crippen molar-refractivity contribution in [3.63, 3.8) is 0 Å². The summed E-state index contributed by atoms with van der Waals surface area (Å²) in [7, 11) is 0. The second-order valence-electron chi connectivity index (χ2n) is 5.60. The van der Waals surface area contributed by atoms with E-state index in [-0.39, 0.29) is 5.56 Å². The standard InChI is InChI=1S/C16H19ClN4O/c1-12-2-3-14(17)8-13(12)10-20-4-6-21(7-5-20)15-9-16(22)19-11-18-15/h2-3,8-9,11H,4-7,10H2,1H3,(H,18,19,22). The molecule has 1 N–H and O–H groups in total. The lowest BCUT2D eigenvalue weighted by molar-refractivity contribution is 0.249. The van der Waals surface area contributed by atoms with Crippen LogP contribution in [0.3, 0.4) is 0 Å². The van der Waals surface area contributed by atoms with Crippen LogP contribution in [-0.2, 0) is 6.54 Å².